The largest absolute Gasteiger partial charge is 0.480 e. The Hall–Kier alpha value is -1.63. The van der Waals surface area contributed by atoms with Crippen molar-refractivity contribution in [3.05, 3.63) is 0 Å². The highest BCUT2D eigenvalue weighted by Crippen LogP contribution is 2.13. The number of carbonyl (C=O) groups is 3. The van der Waals surface area contributed by atoms with Crippen molar-refractivity contribution in [2.45, 2.75) is 72.6 Å². The second-order valence-electron chi connectivity index (χ2n) is 7.59. The van der Waals surface area contributed by atoms with Crippen molar-refractivity contribution in [2.24, 2.45) is 5.41 Å². The average Bonchev–Trinajstić information content (AvgIpc) is 2.34. The molecule has 0 heterocycles. The molecule has 0 aliphatic rings. The Morgan fingerprint density at radius 2 is 1.57 bits per heavy atom. The van der Waals surface area contributed by atoms with Crippen LogP contribution in [-0.2, 0) is 19.1 Å². The van der Waals surface area contributed by atoms with E-state index in [1.165, 1.54) is 6.92 Å². The van der Waals surface area contributed by atoms with Gasteiger partial charge in [-0.25, -0.2) is 4.79 Å². The Kier molecular flexibility index (Phi) is 7.70. The van der Waals surface area contributed by atoms with Crippen LogP contribution < -0.4 is 10.6 Å². The molecule has 0 aromatic rings. The van der Waals surface area contributed by atoms with E-state index in [4.69, 9.17) is 4.74 Å². The zero-order chi connectivity index (χ0) is 18.4. The number of amides is 2. The number of nitrogens with one attached hydrogen (secondary N) is 2. The lowest BCUT2D eigenvalue weighted by atomic mass is 9.95. The highest BCUT2D eigenvalue weighted by Gasteiger charge is 2.27. The van der Waals surface area contributed by atoms with Gasteiger partial charge in [-0.3, -0.25) is 9.59 Å². The predicted octanol–water partition coefficient (Wildman–Crippen LogP) is 1.31. The van der Waals surface area contributed by atoms with Crippen molar-refractivity contribution < 1.29 is 24.2 Å². The molecule has 0 fully saturated rings. The van der Waals surface area contributed by atoms with Gasteiger partial charge in [0.05, 0.1) is 5.60 Å². The summed E-state index contributed by atoms with van der Waals surface area (Å²) in [7, 11) is 0. The second-order valence-corrected chi connectivity index (χ2v) is 7.59. The molecule has 0 spiro atoms. The summed E-state index contributed by atoms with van der Waals surface area (Å²) in [5, 5.41) is 14.2. The Bertz CT molecular complexity index is 435. The van der Waals surface area contributed by atoms with Crippen LogP contribution in [0.3, 0.4) is 0 Å². The standard InChI is InChI=1S/C16H30N2O5/c1-10(17-14(22)15(2,3)4)12(19)18-11(13(20)21)8-9-23-16(5,6)7/h10-11H,8-9H2,1-7H3,(H,17,22)(H,18,19)(H,20,21). The number of hydrogen-bond acceptors (Lipinski definition) is 4. The van der Waals surface area contributed by atoms with E-state index in [1.807, 2.05) is 20.8 Å². The zero-order valence-corrected chi connectivity index (χ0v) is 15.1. The molecule has 3 N–H and O–H groups in total. The molecule has 0 rings (SSSR count). The molecule has 0 bridgehead atoms. The van der Waals surface area contributed by atoms with Gasteiger partial charge in [0.2, 0.25) is 11.8 Å². The van der Waals surface area contributed by atoms with E-state index >= 15 is 0 Å². The van der Waals surface area contributed by atoms with Crippen molar-refractivity contribution in [3.8, 4) is 0 Å². The highest BCUT2D eigenvalue weighted by atomic mass is 16.5. The molecule has 0 radical (unpaired) electrons. The van der Waals surface area contributed by atoms with E-state index < -0.39 is 29.4 Å². The van der Waals surface area contributed by atoms with Crippen LogP contribution in [-0.4, -0.2) is 47.2 Å². The van der Waals surface area contributed by atoms with Crippen LogP contribution in [0.15, 0.2) is 0 Å². The third-order valence-corrected chi connectivity index (χ3v) is 2.98. The molecular weight excluding hydrogens is 300 g/mol. The first-order valence-corrected chi connectivity index (χ1v) is 7.72. The first-order valence-electron chi connectivity index (χ1n) is 7.72. The maximum atomic E-state index is 12.1. The van der Waals surface area contributed by atoms with Gasteiger partial charge in [0, 0.05) is 18.4 Å². The lowest BCUT2D eigenvalue weighted by Crippen LogP contribution is -2.52. The molecule has 0 saturated carbocycles. The zero-order valence-electron chi connectivity index (χ0n) is 15.1. The van der Waals surface area contributed by atoms with Gasteiger partial charge in [0.1, 0.15) is 12.1 Å². The van der Waals surface area contributed by atoms with E-state index in [0.717, 1.165) is 0 Å². The van der Waals surface area contributed by atoms with Gasteiger partial charge in [0.25, 0.3) is 0 Å². The van der Waals surface area contributed by atoms with E-state index in [-0.39, 0.29) is 24.5 Å². The van der Waals surface area contributed by atoms with Gasteiger partial charge in [-0.2, -0.15) is 0 Å². The fraction of sp³-hybridized carbons (Fsp3) is 0.812. The van der Waals surface area contributed by atoms with Crippen molar-refractivity contribution in [2.75, 3.05) is 6.61 Å². The molecule has 7 heteroatoms. The maximum absolute atomic E-state index is 12.1. The molecule has 7 nitrogen and oxygen atoms in total. The van der Waals surface area contributed by atoms with Crippen LogP contribution in [0.25, 0.3) is 0 Å². The number of carbonyl (C=O) groups excluding carboxylic acids is 2. The topological polar surface area (TPSA) is 105 Å². The van der Waals surface area contributed by atoms with Crippen LogP contribution >= 0.6 is 0 Å². The summed E-state index contributed by atoms with van der Waals surface area (Å²) >= 11 is 0. The summed E-state index contributed by atoms with van der Waals surface area (Å²) in [6, 6.07) is -1.87. The molecule has 23 heavy (non-hydrogen) atoms. The summed E-state index contributed by atoms with van der Waals surface area (Å²) in [4.78, 5) is 35.1. The fourth-order valence-corrected chi connectivity index (χ4v) is 1.52. The van der Waals surface area contributed by atoms with Crippen LogP contribution in [0.1, 0.15) is 54.9 Å². The smallest absolute Gasteiger partial charge is 0.326 e. The van der Waals surface area contributed by atoms with Gasteiger partial charge in [-0.05, 0) is 27.7 Å². The number of aliphatic carboxylic acids is 1. The van der Waals surface area contributed by atoms with Crippen LogP contribution in [0.4, 0.5) is 0 Å². The fourth-order valence-electron chi connectivity index (χ4n) is 1.52. The SMILES string of the molecule is CC(NC(=O)C(C)(C)C)C(=O)NC(CCOC(C)(C)C)C(=O)O. The molecule has 0 saturated heterocycles. The predicted molar refractivity (Wildman–Crippen MR) is 86.9 cm³/mol. The summed E-state index contributed by atoms with van der Waals surface area (Å²) in [6.07, 6.45) is 0.151. The molecule has 0 aromatic heterocycles. The molecular formula is C16H30N2O5. The van der Waals surface area contributed by atoms with Crippen molar-refractivity contribution >= 4 is 17.8 Å². The lowest BCUT2D eigenvalue weighted by molar-refractivity contribution is -0.143. The molecule has 2 atom stereocenters. The minimum Gasteiger partial charge on any atom is -0.480 e. The first kappa shape index (κ1) is 21.4. The van der Waals surface area contributed by atoms with E-state index in [9.17, 15) is 19.5 Å². The summed E-state index contributed by atoms with van der Waals surface area (Å²) < 4.78 is 5.48. The molecule has 2 unspecified atom stereocenters. The van der Waals surface area contributed by atoms with Crippen molar-refractivity contribution in [1.82, 2.24) is 10.6 Å². The van der Waals surface area contributed by atoms with E-state index in [0.29, 0.717) is 0 Å². The summed E-state index contributed by atoms with van der Waals surface area (Å²) in [5.74, 6) is -1.95. The molecule has 0 aliphatic carbocycles. The molecule has 0 aromatic carbocycles. The average molecular weight is 330 g/mol. The van der Waals surface area contributed by atoms with Crippen LogP contribution in [0.5, 0.6) is 0 Å². The van der Waals surface area contributed by atoms with Gasteiger partial charge in [0.15, 0.2) is 0 Å². The monoisotopic (exact) mass is 330 g/mol. The van der Waals surface area contributed by atoms with Gasteiger partial charge in [-0.15, -0.1) is 0 Å². The molecule has 0 aliphatic heterocycles. The lowest BCUT2D eigenvalue weighted by Gasteiger charge is -2.24. The third-order valence-electron chi connectivity index (χ3n) is 2.98. The number of carboxylic acids is 1. The summed E-state index contributed by atoms with van der Waals surface area (Å²) in [6.45, 7) is 12.5. The van der Waals surface area contributed by atoms with Gasteiger partial charge >= 0.3 is 5.97 Å². The van der Waals surface area contributed by atoms with Gasteiger partial charge in [-0.1, -0.05) is 20.8 Å². The quantitative estimate of drug-likeness (QED) is 0.653. The number of rotatable bonds is 7. The maximum Gasteiger partial charge on any atom is 0.326 e. The van der Waals surface area contributed by atoms with Crippen LogP contribution in [0, 0.1) is 5.41 Å². The second kappa shape index (κ2) is 8.29. The minimum atomic E-state index is -1.13. The van der Waals surface area contributed by atoms with E-state index in [2.05, 4.69) is 10.6 Å². The normalized spacial score (nSPS) is 14.7. The first-order chi connectivity index (χ1) is 10.2. The Morgan fingerprint density at radius 3 is 1.96 bits per heavy atom. The van der Waals surface area contributed by atoms with E-state index in [1.54, 1.807) is 20.8 Å². The number of carboxylic acid groups (broad SMARTS) is 1. The minimum absolute atomic E-state index is 0.151. The Balaban J connectivity index is 4.55. The third kappa shape index (κ3) is 9.18. The number of hydrogen-bond donors (Lipinski definition) is 3. The van der Waals surface area contributed by atoms with Crippen molar-refractivity contribution in [3.63, 3.8) is 0 Å². The Labute approximate surface area is 138 Å². The Morgan fingerprint density at radius 1 is 1.04 bits per heavy atom. The van der Waals surface area contributed by atoms with Crippen LogP contribution in [0.2, 0.25) is 0 Å². The highest BCUT2D eigenvalue weighted by molar-refractivity contribution is 5.91. The van der Waals surface area contributed by atoms with Gasteiger partial charge < -0.3 is 20.5 Å². The number of ether oxygens (including phenoxy) is 1. The molecule has 134 valence electrons. The summed E-state index contributed by atoms with van der Waals surface area (Å²) in [5.41, 5.74) is -0.998. The van der Waals surface area contributed by atoms with Crippen molar-refractivity contribution in [1.29, 1.82) is 0 Å². The molecule has 2 amide bonds.